The van der Waals surface area contributed by atoms with E-state index >= 15 is 0 Å². The van der Waals surface area contributed by atoms with Crippen LogP contribution in [0.1, 0.15) is 33.4 Å². The summed E-state index contributed by atoms with van der Waals surface area (Å²) in [5, 5.41) is 10.9. The van der Waals surface area contributed by atoms with Crippen LogP contribution in [0.5, 0.6) is 0 Å². The zero-order valence-corrected chi connectivity index (χ0v) is 15.5. The van der Waals surface area contributed by atoms with Gasteiger partial charge in [-0.15, -0.1) is 0 Å². The van der Waals surface area contributed by atoms with Gasteiger partial charge in [-0.3, -0.25) is 19.9 Å². The molecule has 3 rings (SSSR count). The predicted octanol–water partition coefficient (Wildman–Crippen LogP) is 3.61. The lowest BCUT2D eigenvalue weighted by Gasteiger charge is -2.22. The zero-order chi connectivity index (χ0) is 20.8. The maximum Gasteiger partial charge on any atom is 0.433 e. The fourth-order valence-electron chi connectivity index (χ4n) is 2.62. The minimum Gasteiger partial charge on any atom is -0.462 e. The molecule has 0 unspecified atom stereocenters. The first-order valence-electron chi connectivity index (χ1n) is 8.71. The normalized spacial score (nSPS) is 10.4. The number of pyridine rings is 1. The molecule has 9 nitrogen and oxygen atoms in total. The highest BCUT2D eigenvalue weighted by Gasteiger charge is 2.24. The standard InChI is InChI=1S/C20H17N3O6/c1-2-28-20(25)15-5-7-16(8-6-15)22(13-14-4-3-11-21-12-14)19(24)17-9-10-18(29-17)23(26)27/h3-12H,2,13H2,1H3. The fraction of sp³-hybridized carbons (Fsp3) is 0.150. The van der Waals surface area contributed by atoms with E-state index in [4.69, 9.17) is 9.15 Å². The molecule has 0 saturated heterocycles. The van der Waals surface area contributed by atoms with Gasteiger partial charge in [-0.05, 0) is 48.9 Å². The van der Waals surface area contributed by atoms with Crippen LogP contribution in [-0.2, 0) is 11.3 Å². The number of carbonyl (C=O) groups excluding carboxylic acids is 2. The van der Waals surface area contributed by atoms with Crippen molar-refractivity contribution in [2.24, 2.45) is 0 Å². The molecule has 29 heavy (non-hydrogen) atoms. The van der Waals surface area contributed by atoms with Gasteiger partial charge in [-0.1, -0.05) is 6.07 Å². The average Bonchev–Trinajstić information content (AvgIpc) is 3.23. The van der Waals surface area contributed by atoms with E-state index < -0.39 is 22.7 Å². The first-order chi connectivity index (χ1) is 14.0. The van der Waals surface area contributed by atoms with Gasteiger partial charge < -0.3 is 14.1 Å². The monoisotopic (exact) mass is 395 g/mol. The topological polar surface area (TPSA) is 116 Å². The van der Waals surface area contributed by atoms with Gasteiger partial charge in [0.15, 0.2) is 5.76 Å². The molecule has 0 N–H and O–H groups in total. The van der Waals surface area contributed by atoms with Gasteiger partial charge in [0, 0.05) is 18.1 Å². The van der Waals surface area contributed by atoms with Gasteiger partial charge in [0.05, 0.1) is 24.8 Å². The third kappa shape index (κ3) is 4.64. The molecule has 1 amide bonds. The largest absolute Gasteiger partial charge is 0.462 e. The molecule has 9 heteroatoms. The van der Waals surface area contributed by atoms with Gasteiger partial charge >= 0.3 is 11.9 Å². The number of benzene rings is 1. The van der Waals surface area contributed by atoms with Crippen LogP contribution in [-0.4, -0.2) is 28.4 Å². The van der Waals surface area contributed by atoms with E-state index in [0.29, 0.717) is 11.3 Å². The Balaban J connectivity index is 1.93. The van der Waals surface area contributed by atoms with Gasteiger partial charge in [0.1, 0.15) is 4.92 Å². The Kier molecular flexibility index (Phi) is 5.98. The van der Waals surface area contributed by atoms with Crippen molar-refractivity contribution < 1.29 is 23.7 Å². The summed E-state index contributed by atoms with van der Waals surface area (Å²) >= 11 is 0. The third-order valence-electron chi connectivity index (χ3n) is 3.98. The number of hydrogen-bond acceptors (Lipinski definition) is 7. The highest BCUT2D eigenvalue weighted by atomic mass is 16.6. The number of hydrogen-bond donors (Lipinski definition) is 0. The molecule has 0 bridgehead atoms. The van der Waals surface area contributed by atoms with E-state index in [1.807, 2.05) is 0 Å². The molecule has 1 aromatic carbocycles. The highest BCUT2D eigenvalue weighted by molar-refractivity contribution is 6.04. The molecular formula is C20H17N3O6. The van der Waals surface area contributed by atoms with E-state index in [9.17, 15) is 19.7 Å². The van der Waals surface area contributed by atoms with Crippen LogP contribution in [0, 0.1) is 10.1 Å². The van der Waals surface area contributed by atoms with Gasteiger partial charge in [0.2, 0.25) is 0 Å². The molecule has 0 spiro atoms. The summed E-state index contributed by atoms with van der Waals surface area (Å²) < 4.78 is 10.0. The summed E-state index contributed by atoms with van der Waals surface area (Å²) in [5.41, 5.74) is 1.57. The summed E-state index contributed by atoms with van der Waals surface area (Å²) in [7, 11) is 0. The minimum absolute atomic E-state index is 0.153. The van der Waals surface area contributed by atoms with E-state index in [1.165, 1.54) is 11.0 Å². The summed E-state index contributed by atoms with van der Waals surface area (Å²) in [6.07, 6.45) is 3.22. The summed E-state index contributed by atoms with van der Waals surface area (Å²) in [5.74, 6) is -1.72. The maximum absolute atomic E-state index is 13.0. The predicted molar refractivity (Wildman–Crippen MR) is 103 cm³/mol. The molecule has 2 aromatic heterocycles. The Morgan fingerprint density at radius 2 is 1.93 bits per heavy atom. The van der Waals surface area contributed by atoms with E-state index in [-0.39, 0.29) is 18.9 Å². The van der Waals surface area contributed by atoms with E-state index in [1.54, 1.807) is 55.7 Å². The molecule has 0 fully saturated rings. The number of aromatic nitrogens is 1. The molecule has 0 aliphatic rings. The lowest BCUT2D eigenvalue weighted by atomic mass is 10.1. The number of anilines is 1. The highest BCUT2D eigenvalue weighted by Crippen LogP contribution is 2.24. The lowest BCUT2D eigenvalue weighted by molar-refractivity contribution is -0.402. The van der Waals surface area contributed by atoms with Gasteiger partial charge in [-0.25, -0.2) is 4.79 Å². The number of esters is 1. The van der Waals surface area contributed by atoms with Crippen LogP contribution < -0.4 is 4.90 Å². The summed E-state index contributed by atoms with van der Waals surface area (Å²) in [6, 6.07) is 12.2. The molecule has 0 aliphatic heterocycles. The summed E-state index contributed by atoms with van der Waals surface area (Å²) in [4.78, 5) is 40.4. The third-order valence-corrected chi connectivity index (χ3v) is 3.98. The van der Waals surface area contributed by atoms with Crippen molar-refractivity contribution in [1.82, 2.24) is 4.98 Å². The van der Waals surface area contributed by atoms with Crippen molar-refractivity contribution in [2.45, 2.75) is 13.5 Å². The zero-order valence-electron chi connectivity index (χ0n) is 15.5. The van der Waals surface area contributed by atoms with Crippen LogP contribution >= 0.6 is 0 Å². The first kappa shape index (κ1) is 19.7. The molecule has 0 radical (unpaired) electrons. The molecule has 0 aliphatic carbocycles. The van der Waals surface area contributed by atoms with Crippen molar-refractivity contribution in [2.75, 3.05) is 11.5 Å². The average molecular weight is 395 g/mol. The Morgan fingerprint density at radius 1 is 1.17 bits per heavy atom. The van der Waals surface area contributed by atoms with Crippen LogP contribution in [0.2, 0.25) is 0 Å². The second kappa shape index (κ2) is 8.79. The smallest absolute Gasteiger partial charge is 0.433 e. The Hall–Kier alpha value is -4.01. The number of rotatable bonds is 7. The van der Waals surface area contributed by atoms with Crippen molar-refractivity contribution in [3.63, 3.8) is 0 Å². The Bertz CT molecular complexity index is 1010. The number of carbonyl (C=O) groups is 2. The molecule has 3 aromatic rings. The Labute approximate surface area is 165 Å². The van der Waals surface area contributed by atoms with Crippen LogP contribution in [0.25, 0.3) is 0 Å². The lowest BCUT2D eigenvalue weighted by Crippen LogP contribution is -2.30. The number of furan rings is 1. The first-order valence-corrected chi connectivity index (χ1v) is 8.71. The van der Waals surface area contributed by atoms with Crippen LogP contribution in [0.15, 0.2) is 65.3 Å². The van der Waals surface area contributed by atoms with Crippen LogP contribution in [0.4, 0.5) is 11.6 Å². The van der Waals surface area contributed by atoms with Gasteiger partial charge in [0.25, 0.3) is 5.91 Å². The molecule has 2 heterocycles. The second-order valence-electron chi connectivity index (χ2n) is 5.91. The van der Waals surface area contributed by atoms with Crippen LogP contribution in [0.3, 0.4) is 0 Å². The second-order valence-corrected chi connectivity index (χ2v) is 5.91. The number of nitrogens with zero attached hydrogens (tertiary/aromatic N) is 3. The fourth-order valence-corrected chi connectivity index (χ4v) is 2.62. The SMILES string of the molecule is CCOC(=O)c1ccc(N(Cc2cccnc2)C(=O)c2ccc([N+](=O)[O-])o2)cc1. The Morgan fingerprint density at radius 3 is 2.52 bits per heavy atom. The maximum atomic E-state index is 13.0. The van der Waals surface area contributed by atoms with E-state index in [2.05, 4.69) is 4.98 Å². The van der Waals surface area contributed by atoms with Crippen molar-refractivity contribution in [3.8, 4) is 0 Å². The van der Waals surface area contributed by atoms with Crippen molar-refractivity contribution >= 4 is 23.4 Å². The molecule has 148 valence electrons. The molecular weight excluding hydrogens is 378 g/mol. The molecule has 0 atom stereocenters. The quantitative estimate of drug-likeness (QED) is 0.341. The van der Waals surface area contributed by atoms with Crippen molar-refractivity contribution in [1.29, 1.82) is 0 Å². The molecule has 0 saturated carbocycles. The summed E-state index contributed by atoms with van der Waals surface area (Å²) in [6.45, 7) is 2.12. The number of ether oxygens (including phenoxy) is 1. The van der Waals surface area contributed by atoms with Gasteiger partial charge in [-0.2, -0.15) is 0 Å². The van der Waals surface area contributed by atoms with E-state index in [0.717, 1.165) is 11.6 Å². The van der Waals surface area contributed by atoms with Crippen molar-refractivity contribution in [3.05, 3.63) is 87.9 Å². The number of amides is 1. The number of nitro groups is 1. The minimum atomic E-state index is -0.712.